The Morgan fingerprint density at radius 1 is 1.04 bits per heavy atom. The highest BCUT2D eigenvalue weighted by Crippen LogP contribution is 2.44. The van der Waals surface area contributed by atoms with Gasteiger partial charge in [0, 0.05) is 60.5 Å². The van der Waals surface area contributed by atoms with Gasteiger partial charge in [0.15, 0.2) is 12.6 Å². The van der Waals surface area contributed by atoms with Gasteiger partial charge < -0.3 is 15.0 Å². The fourth-order valence-corrected chi connectivity index (χ4v) is 6.84. The highest BCUT2D eigenvalue weighted by Gasteiger charge is 2.47. The predicted octanol–water partition coefficient (Wildman–Crippen LogP) is 6.26. The second-order valence-electron chi connectivity index (χ2n) is 14.3. The molecular weight excluding hydrogens is 656 g/mol. The number of alkyl halides is 2. The lowest BCUT2D eigenvalue weighted by molar-refractivity contribution is -0.156. The number of halogens is 2. The van der Waals surface area contributed by atoms with E-state index in [1.807, 2.05) is 43.5 Å². The molecule has 1 aliphatic heterocycles. The van der Waals surface area contributed by atoms with E-state index in [1.54, 1.807) is 71.6 Å². The van der Waals surface area contributed by atoms with E-state index in [0.29, 0.717) is 40.1 Å². The van der Waals surface area contributed by atoms with Gasteiger partial charge in [-0.1, -0.05) is 18.2 Å². The van der Waals surface area contributed by atoms with E-state index in [0.717, 1.165) is 16.9 Å². The first-order chi connectivity index (χ1) is 24.3. The number of benzene rings is 2. The maximum atomic E-state index is 15.0. The van der Waals surface area contributed by atoms with Gasteiger partial charge in [-0.15, -0.1) is 0 Å². The molecule has 1 N–H and O–H groups in total. The third-order valence-corrected chi connectivity index (χ3v) is 9.53. The van der Waals surface area contributed by atoms with Crippen LogP contribution in [-0.4, -0.2) is 60.6 Å². The summed E-state index contributed by atoms with van der Waals surface area (Å²) in [6.45, 7) is 7.36. The number of carbonyl (C=O) groups is 3. The van der Waals surface area contributed by atoms with Crippen LogP contribution in [0.3, 0.4) is 0 Å². The molecule has 2 aliphatic rings. The SMILES string of the molecule is Cc1ccn(-c2ccc(C(=O)N[C@@H]3CCC(F)(F)C[C@@H]3C(=O)N3CCc4c(-c5nccn5COC(=O)C(C)(C)C)nc5ccccc5c43)cc2)n1. The Hall–Kier alpha value is -5.46. The number of aryl methyl sites for hydroxylation is 1. The number of rotatable bonds is 7. The number of aromatic nitrogens is 5. The third kappa shape index (κ3) is 6.72. The van der Waals surface area contributed by atoms with Crippen LogP contribution < -0.4 is 10.2 Å². The van der Waals surface area contributed by atoms with E-state index in [1.165, 1.54) is 0 Å². The summed E-state index contributed by atoms with van der Waals surface area (Å²) in [4.78, 5) is 51.5. The average Bonchev–Trinajstić information content (AvgIpc) is 3.87. The molecule has 1 saturated carbocycles. The van der Waals surface area contributed by atoms with Gasteiger partial charge in [-0.05, 0) is 76.9 Å². The number of ether oxygens (including phenoxy) is 1. The van der Waals surface area contributed by atoms with Crippen molar-refractivity contribution in [2.75, 3.05) is 11.4 Å². The number of pyridine rings is 1. The molecular formula is C38H39F2N7O4. The first kappa shape index (κ1) is 34.0. The quantitative estimate of drug-likeness (QED) is 0.199. The third-order valence-electron chi connectivity index (χ3n) is 9.53. The maximum absolute atomic E-state index is 15.0. The van der Waals surface area contributed by atoms with Gasteiger partial charge in [0.05, 0.1) is 33.9 Å². The molecule has 0 spiro atoms. The Labute approximate surface area is 293 Å². The van der Waals surface area contributed by atoms with Gasteiger partial charge in [-0.2, -0.15) is 5.10 Å². The molecule has 0 unspecified atom stereocenters. The zero-order valence-corrected chi connectivity index (χ0v) is 28.9. The molecule has 2 amide bonds. The minimum absolute atomic E-state index is 0.0481. The minimum atomic E-state index is -3.06. The molecule has 5 aromatic rings. The van der Waals surface area contributed by atoms with E-state index in [4.69, 9.17) is 9.72 Å². The first-order valence-electron chi connectivity index (χ1n) is 17.0. The van der Waals surface area contributed by atoms with Crippen molar-refractivity contribution in [3.63, 3.8) is 0 Å². The van der Waals surface area contributed by atoms with Crippen molar-refractivity contribution in [1.29, 1.82) is 0 Å². The number of amides is 2. The number of nitrogens with zero attached hydrogens (tertiary/aromatic N) is 6. The predicted molar refractivity (Wildman–Crippen MR) is 186 cm³/mol. The number of hydrogen-bond donors (Lipinski definition) is 1. The zero-order chi connectivity index (χ0) is 36.1. The van der Waals surface area contributed by atoms with Crippen molar-refractivity contribution >= 4 is 34.4 Å². The van der Waals surface area contributed by atoms with Crippen LogP contribution in [0.5, 0.6) is 0 Å². The van der Waals surface area contributed by atoms with Crippen LogP contribution in [0.15, 0.2) is 73.2 Å². The number of imidazole rings is 1. The molecule has 2 atom stereocenters. The van der Waals surface area contributed by atoms with Gasteiger partial charge in [-0.3, -0.25) is 19.0 Å². The van der Waals surface area contributed by atoms with Crippen LogP contribution in [0.2, 0.25) is 0 Å². The lowest BCUT2D eigenvalue weighted by Crippen LogP contribution is -2.52. The van der Waals surface area contributed by atoms with Crippen molar-refractivity contribution in [1.82, 2.24) is 29.6 Å². The first-order valence-corrected chi connectivity index (χ1v) is 17.0. The Balaban J connectivity index is 1.18. The summed E-state index contributed by atoms with van der Waals surface area (Å²) in [5.74, 6) is -5.06. The lowest BCUT2D eigenvalue weighted by atomic mass is 9.81. The fraction of sp³-hybridized carbons (Fsp3) is 0.368. The van der Waals surface area contributed by atoms with Crippen LogP contribution in [0.1, 0.15) is 61.6 Å². The van der Waals surface area contributed by atoms with Gasteiger partial charge in [0.2, 0.25) is 11.8 Å². The number of esters is 1. The second-order valence-corrected chi connectivity index (χ2v) is 14.3. The van der Waals surface area contributed by atoms with Crippen LogP contribution in [-0.2, 0) is 27.5 Å². The van der Waals surface area contributed by atoms with Gasteiger partial charge in [-0.25, -0.2) is 23.4 Å². The molecule has 0 saturated heterocycles. The van der Waals surface area contributed by atoms with E-state index >= 15 is 8.78 Å². The number of hydrogen-bond acceptors (Lipinski definition) is 7. The van der Waals surface area contributed by atoms with E-state index in [2.05, 4.69) is 15.4 Å². The second kappa shape index (κ2) is 13.0. The van der Waals surface area contributed by atoms with Crippen molar-refractivity contribution in [2.45, 2.75) is 72.1 Å². The fourth-order valence-electron chi connectivity index (χ4n) is 6.84. The van der Waals surface area contributed by atoms with Crippen molar-refractivity contribution in [3.05, 3.63) is 90.0 Å². The monoisotopic (exact) mass is 695 g/mol. The normalized spacial score (nSPS) is 18.4. The maximum Gasteiger partial charge on any atom is 0.312 e. The zero-order valence-electron chi connectivity index (χ0n) is 28.9. The molecule has 7 rings (SSSR count). The van der Waals surface area contributed by atoms with Crippen molar-refractivity contribution in [3.8, 4) is 17.2 Å². The summed E-state index contributed by atoms with van der Waals surface area (Å²) >= 11 is 0. The number of para-hydroxylation sites is 1. The lowest BCUT2D eigenvalue weighted by Gasteiger charge is -2.37. The van der Waals surface area contributed by atoms with E-state index in [9.17, 15) is 14.4 Å². The van der Waals surface area contributed by atoms with Crippen molar-refractivity contribution < 1.29 is 27.9 Å². The number of fused-ring (bicyclic) bond motifs is 3. The highest BCUT2D eigenvalue weighted by molar-refractivity contribution is 6.08. The molecule has 4 heterocycles. The Bertz CT molecular complexity index is 2130. The summed E-state index contributed by atoms with van der Waals surface area (Å²) in [7, 11) is 0. The Morgan fingerprint density at radius 3 is 2.53 bits per heavy atom. The number of carbonyl (C=O) groups excluding carboxylic acids is 3. The summed E-state index contributed by atoms with van der Waals surface area (Å²) < 4.78 is 39.0. The summed E-state index contributed by atoms with van der Waals surface area (Å²) in [5, 5.41) is 8.01. The molecule has 3 aromatic heterocycles. The topological polar surface area (TPSA) is 124 Å². The molecule has 0 bridgehead atoms. The largest absolute Gasteiger partial charge is 0.443 e. The van der Waals surface area contributed by atoms with E-state index in [-0.39, 0.29) is 25.7 Å². The van der Waals surface area contributed by atoms with E-state index < -0.39 is 48.0 Å². The smallest absolute Gasteiger partial charge is 0.312 e. The Kier molecular flexibility index (Phi) is 8.68. The average molecular weight is 696 g/mol. The molecule has 2 aromatic carbocycles. The van der Waals surface area contributed by atoms with Gasteiger partial charge in [0.1, 0.15) is 5.69 Å². The molecule has 0 radical (unpaired) electrons. The molecule has 13 heteroatoms. The number of anilines is 1. The summed E-state index contributed by atoms with van der Waals surface area (Å²) in [6, 6.07) is 15.3. The molecule has 1 aliphatic carbocycles. The number of nitrogens with one attached hydrogen (secondary N) is 1. The standard InChI is InChI=1S/C38H39F2N7O4/c1-23-14-19-47(44-23)25-11-9-24(10-12-25)34(48)43-30-13-16-38(39,40)21-28(30)35(49)46-18-15-27-31(42-29-8-6-5-7-26(29)32(27)46)33-41-17-20-45(33)22-51-36(50)37(2,3)4/h5-12,14,17,19-20,28,30H,13,15-16,18,21-22H2,1-4H3,(H,43,48)/t28-,30+/m0/s1. The van der Waals surface area contributed by atoms with Gasteiger partial charge >= 0.3 is 5.97 Å². The van der Waals surface area contributed by atoms with Crippen LogP contribution in [0.4, 0.5) is 14.5 Å². The minimum Gasteiger partial charge on any atom is -0.443 e. The summed E-state index contributed by atoms with van der Waals surface area (Å²) in [6.07, 6.45) is 4.34. The van der Waals surface area contributed by atoms with Crippen LogP contribution in [0, 0.1) is 18.3 Å². The van der Waals surface area contributed by atoms with Crippen molar-refractivity contribution in [2.24, 2.45) is 11.3 Å². The molecule has 264 valence electrons. The van der Waals surface area contributed by atoms with Crippen LogP contribution >= 0.6 is 0 Å². The van der Waals surface area contributed by atoms with Crippen LogP contribution in [0.25, 0.3) is 28.1 Å². The molecule has 51 heavy (non-hydrogen) atoms. The molecule has 11 nitrogen and oxygen atoms in total. The molecule has 1 fully saturated rings. The van der Waals surface area contributed by atoms with Gasteiger partial charge in [0.25, 0.3) is 5.91 Å². The summed E-state index contributed by atoms with van der Waals surface area (Å²) in [5.41, 5.74) is 3.73. The Morgan fingerprint density at radius 2 is 1.80 bits per heavy atom. The highest BCUT2D eigenvalue weighted by atomic mass is 19.3.